The molecule has 3 heteroatoms. The number of carbonyl (C=O) groups is 2. The van der Waals surface area contributed by atoms with Crippen LogP contribution in [0.2, 0.25) is 0 Å². The van der Waals surface area contributed by atoms with Crippen molar-refractivity contribution in [3.63, 3.8) is 0 Å². The molecule has 0 aliphatic heterocycles. The Morgan fingerprint density at radius 2 is 1.87 bits per heavy atom. The van der Waals surface area contributed by atoms with Crippen molar-refractivity contribution in [3.05, 3.63) is 35.9 Å². The van der Waals surface area contributed by atoms with E-state index in [4.69, 9.17) is 0 Å². The molecular formula is C12H15NO2. The summed E-state index contributed by atoms with van der Waals surface area (Å²) < 4.78 is 0. The summed E-state index contributed by atoms with van der Waals surface area (Å²) in [4.78, 5) is 22.8. The number of benzene rings is 1. The second kappa shape index (κ2) is 5.96. The zero-order chi connectivity index (χ0) is 11.1. The van der Waals surface area contributed by atoms with Crippen LogP contribution < -0.4 is 5.32 Å². The number of carbonyl (C=O) groups excluding carboxylic acids is 2. The Hall–Kier alpha value is -1.64. The monoisotopic (exact) mass is 205 g/mol. The smallest absolute Gasteiger partial charge is 0.227 e. The van der Waals surface area contributed by atoms with Crippen molar-refractivity contribution in [1.29, 1.82) is 0 Å². The van der Waals surface area contributed by atoms with Crippen molar-refractivity contribution in [2.24, 2.45) is 0 Å². The SMILES string of the molecule is CCCNC(=O)CC(=O)c1ccccc1. The fraction of sp³-hybridized carbons (Fsp3) is 0.333. The van der Waals surface area contributed by atoms with Crippen molar-refractivity contribution >= 4 is 11.7 Å². The summed E-state index contributed by atoms with van der Waals surface area (Å²) in [5.74, 6) is -0.338. The second-order valence-corrected chi connectivity index (χ2v) is 3.32. The van der Waals surface area contributed by atoms with Gasteiger partial charge in [-0.05, 0) is 6.42 Å². The number of hydrogen-bond acceptors (Lipinski definition) is 2. The maximum Gasteiger partial charge on any atom is 0.227 e. The molecule has 0 saturated heterocycles. The standard InChI is InChI=1S/C12H15NO2/c1-2-8-13-12(15)9-11(14)10-6-4-3-5-7-10/h3-7H,2,8-9H2,1H3,(H,13,15). The lowest BCUT2D eigenvalue weighted by molar-refractivity contribution is -0.120. The number of Topliss-reactive ketones (excluding diaryl/α,β-unsaturated/α-hetero) is 1. The van der Waals surface area contributed by atoms with Crippen LogP contribution in [-0.4, -0.2) is 18.2 Å². The predicted octanol–water partition coefficient (Wildman–Crippen LogP) is 1.79. The van der Waals surface area contributed by atoms with E-state index in [9.17, 15) is 9.59 Å². The average molecular weight is 205 g/mol. The number of ketones is 1. The Morgan fingerprint density at radius 1 is 1.20 bits per heavy atom. The van der Waals surface area contributed by atoms with E-state index in [1.54, 1.807) is 24.3 Å². The molecule has 0 bridgehead atoms. The van der Waals surface area contributed by atoms with E-state index < -0.39 is 0 Å². The fourth-order valence-electron chi connectivity index (χ4n) is 1.20. The molecule has 1 rings (SSSR count). The molecule has 0 unspecified atom stereocenters. The molecule has 1 aromatic carbocycles. The summed E-state index contributed by atoms with van der Waals surface area (Å²) in [6.45, 7) is 2.60. The minimum absolute atomic E-state index is 0.0655. The first-order valence-electron chi connectivity index (χ1n) is 5.09. The van der Waals surface area contributed by atoms with Crippen LogP contribution in [0.4, 0.5) is 0 Å². The first kappa shape index (κ1) is 11.4. The van der Waals surface area contributed by atoms with Crippen LogP contribution in [0.5, 0.6) is 0 Å². The van der Waals surface area contributed by atoms with Crippen LogP contribution in [0, 0.1) is 0 Å². The molecule has 1 aromatic rings. The molecule has 0 heterocycles. The van der Waals surface area contributed by atoms with Crippen LogP contribution >= 0.6 is 0 Å². The first-order valence-corrected chi connectivity index (χ1v) is 5.09. The van der Waals surface area contributed by atoms with Crippen molar-refractivity contribution in [2.75, 3.05) is 6.54 Å². The normalized spacial score (nSPS) is 9.67. The number of nitrogens with one attached hydrogen (secondary N) is 1. The zero-order valence-corrected chi connectivity index (χ0v) is 8.82. The summed E-state index contributed by atoms with van der Waals surface area (Å²) in [6, 6.07) is 8.85. The summed E-state index contributed by atoms with van der Waals surface area (Å²) in [5, 5.41) is 2.67. The predicted molar refractivity (Wildman–Crippen MR) is 58.7 cm³/mol. The lowest BCUT2D eigenvalue weighted by Crippen LogP contribution is -2.26. The second-order valence-electron chi connectivity index (χ2n) is 3.32. The Kier molecular flexibility index (Phi) is 4.54. The van der Waals surface area contributed by atoms with E-state index in [1.165, 1.54) is 0 Å². The summed E-state index contributed by atoms with van der Waals surface area (Å²) in [6.07, 6.45) is 0.815. The van der Waals surface area contributed by atoms with Crippen LogP contribution in [0.15, 0.2) is 30.3 Å². The van der Waals surface area contributed by atoms with Crippen LogP contribution in [0.3, 0.4) is 0 Å². The largest absolute Gasteiger partial charge is 0.356 e. The molecule has 80 valence electrons. The Balaban J connectivity index is 2.46. The molecule has 0 atom stereocenters. The molecule has 0 spiro atoms. The van der Waals surface area contributed by atoms with Gasteiger partial charge >= 0.3 is 0 Å². The molecule has 15 heavy (non-hydrogen) atoms. The maximum atomic E-state index is 11.6. The van der Waals surface area contributed by atoms with Gasteiger partial charge < -0.3 is 5.32 Å². The van der Waals surface area contributed by atoms with E-state index in [0.717, 1.165) is 6.42 Å². The molecule has 0 fully saturated rings. The van der Waals surface area contributed by atoms with E-state index in [0.29, 0.717) is 12.1 Å². The topological polar surface area (TPSA) is 46.2 Å². The van der Waals surface area contributed by atoms with E-state index in [1.807, 2.05) is 13.0 Å². The van der Waals surface area contributed by atoms with Gasteiger partial charge in [0.05, 0.1) is 6.42 Å². The lowest BCUT2D eigenvalue weighted by atomic mass is 10.1. The maximum absolute atomic E-state index is 11.6. The van der Waals surface area contributed by atoms with Crippen molar-refractivity contribution in [2.45, 2.75) is 19.8 Å². The molecule has 0 aliphatic rings. The van der Waals surface area contributed by atoms with E-state index in [-0.39, 0.29) is 18.1 Å². The van der Waals surface area contributed by atoms with Gasteiger partial charge in [-0.3, -0.25) is 9.59 Å². The third kappa shape index (κ3) is 3.94. The van der Waals surface area contributed by atoms with Crippen molar-refractivity contribution in [3.8, 4) is 0 Å². The molecule has 0 saturated carbocycles. The van der Waals surface area contributed by atoms with Gasteiger partial charge in [0.2, 0.25) is 5.91 Å². The van der Waals surface area contributed by atoms with Gasteiger partial charge in [-0.15, -0.1) is 0 Å². The third-order valence-corrected chi connectivity index (χ3v) is 1.99. The Morgan fingerprint density at radius 3 is 2.47 bits per heavy atom. The number of amides is 1. The Bertz CT molecular complexity index is 333. The average Bonchev–Trinajstić information content (AvgIpc) is 2.27. The molecular weight excluding hydrogens is 190 g/mol. The molecule has 1 N–H and O–H groups in total. The lowest BCUT2D eigenvalue weighted by Gasteiger charge is -2.02. The summed E-state index contributed by atoms with van der Waals surface area (Å²) in [7, 11) is 0. The third-order valence-electron chi connectivity index (χ3n) is 1.99. The Labute approximate surface area is 89.5 Å². The van der Waals surface area contributed by atoms with E-state index in [2.05, 4.69) is 5.32 Å². The van der Waals surface area contributed by atoms with E-state index >= 15 is 0 Å². The minimum Gasteiger partial charge on any atom is -0.356 e. The van der Waals surface area contributed by atoms with Gasteiger partial charge in [0.1, 0.15) is 0 Å². The highest BCUT2D eigenvalue weighted by atomic mass is 16.2. The first-order chi connectivity index (χ1) is 7.24. The van der Waals surface area contributed by atoms with Gasteiger partial charge in [0.25, 0.3) is 0 Å². The van der Waals surface area contributed by atoms with Gasteiger partial charge in [-0.2, -0.15) is 0 Å². The van der Waals surface area contributed by atoms with Gasteiger partial charge in [0.15, 0.2) is 5.78 Å². The van der Waals surface area contributed by atoms with Gasteiger partial charge in [0, 0.05) is 12.1 Å². The van der Waals surface area contributed by atoms with Crippen LogP contribution in [0.25, 0.3) is 0 Å². The molecule has 3 nitrogen and oxygen atoms in total. The zero-order valence-electron chi connectivity index (χ0n) is 8.82. The quantitative estimate of drug-likeness (QED) is 0.588. The summed E-state index contributed by atoms with van der Waals surface area (Å²) in [5.41, 5.74) is 0.587. The minimum atomic E-state index is -0.203. The molecule has 0 aliphatic carbocycles. The van der Waals surface area contributed by atoms with Gasteiger partial charge in [-0.25, -0.2) is 0 Å². The summed E-state index contributed by atoms with van der Waals surface area (Å²) >= 11 is 0. The van der Waals surface area contributed by atoms with Crippen LogP contribution in [0.1, 0.15) is 30.1 Å². The number of rotatable bonds is 5. The fourth-order valence-corrected chi connectivity index (χ4v) is 1.20. The highest BCUT2D eigenvalue weighted by Gasteiger charge is 2.10. The van der Waals surface area contributed by atoms with Crippen molar-refractivity contribution in [1.82, 2.24) is 5.32 Å². The van der Waals surface area contributed by atoms with Crippen molar-refractivity contribution < 1.29 is 9.59 Å². The van der Waals surface area contributed by atoms with Gasteiger partial charge in [-0.1, -0.05) is 37.3 Å². The molecule has 0 aromatic heterocycles. The molecule has 0 radical (unpaired) electrons. The number of hydrogen-bond donors (Lipinski definition) is 1. The highest BCUT2D eigenvalue weighted by molar-refractivity contribution is 6.07. The van der Waals surface area contributed by atoms with Crippen LogP contribution in [-0.2, 0) is 4.79 Å². The highest BCUT2D eigenvalue weighted by Crippen LogP contribution is 2.02. The molecule has 1 amide bonds.